The number of fused-ring (bicyclic) bond motifs is 2. The number of ether oxygens (including phenoxy) is 3. The third-order valence-electron chi connectivity index (χ3n) is 9.53. The van der Waals surface area contributed by atoms with E-state index in [9.17, 15) is 23.1 Å². The summed E-state index contributed by atoms with van der Waals surface area (Å²) in [6.07, 6.45) is 16.5. The molecule has 4 aromatic heterocycles. The summed E-state index contributed by atoms with van der Waals surface area (Å²) in [6.45, 7) is -0.181. The van der Waals surface area contributed by atoms with Crippen LogP contribution in [-0.4, -0.2) is 89.7 Å². The molecule has 2 saturated carbocycles. The van der Waals surface area contributed by atoms with Crippen molar-refractivity contribution in [2.45, 2.75) is 75.8 Å². The number of rotatable bonds is 9. The normalized spacial score (nSPS) is 17.7. The van der Waals surface area contributed by atoms with Crippen molar-refractivity contribution in [3.63, 3.8) is 0 Å². The van der Waals surface area contributed by atoms with Gasteiger partial charge in [-0.15, -0.1) is 0 Å². The third kappa shape index (κ3) is 18.7. The smallest absolute Gasteiger partial charge is 1.00 e. The van der Waals surface area contributed by atoms with E-state index in [-0.39, 0.29) is 187 Å². The van der Waals surface area contributed by atoms with Gasteiger partial charge >= 0.3 is 150 Å². The molecule has 20 nitrogen and oxygen atoms in total. The largest absolute Gasteiger partial charge is 1.00 e. The molecule has 0 unspecified atom stereocenters. The van der Waals surface area contributed by atoms with Crippen LogP contribution in [0.5, 0.6) is 23.5 Å². The number of benzene rings is 2. The zero-order valence-corrected chi connectivity index (χ0v) is 52.7. The molecule has 6 aromatic rings. The molecule has 25 heteroatoms. The summed E-state index contributed by atoms with van der Waals surface area (Å²) in [7, 11) is -0.0346. The van der Waals surface area contributed by atoms with Crippen molar-refractivity contribution in [2.24, 2.45) is 14.1 Å². The molecular formula is C40H44Br2Cs2N8O12S. The van der Waals surface area contributed by atoms with E-state index < -0.39 is 10.1 Å². The van der Waals surface area contributed by atoms with E-state index in [1.54, 1.807) is 61.6 Å². The van der Waals surface area contributed by atoms with E-state index in [4.69, 9.17) is 28.4 Å². The van der Waals surface area contributed by atoms with Crippen LogP contribution < -0.4 is 168 Å². The van der Waals surface area contributed by atoms with Crippen LogP contribution in [0.25, 0.3) is 22.1 Å². The SMILES string of the molecule is CS(=O)(=O)OC1CCC(Oc2ncccn2)CC1.Cn1c(=O)cnc2cc(Br)cc(O)c21.Cn1c(=O)cnc2cc(Br)cc(OC3CCC(Oc4ncccn4)CC3)c21.O=CO[O-].[Cs+].[Cs+].[H-]. The molecule has 2 aromatic carbocycles. The van der Waals surface area contributed by atoms with Crippen molar-refractivity contribution in [1.82, 2.24) is 39.0 Å². The Morgan fingerprint density at radius 3 is 1.49 bits per heavy atom. The second kappa shape index (κ2) is 28.9. The zero-order valence-electron chi connectivity index (χ0n) is 37.2. The van der Waals surface area contributed by atoms with Crippen LogP contribution in [0.4, 0.5) is 0 Å². The van der Waals surface area contributed by atoms with Gasteiger partial charge in [0.1, 0.15) is 34.7 Å². The first-order chi connectivity index (χ1) is 30.1. The average molecular weight is 1290 g/mol. The maximum atomic E-state index is 12.0. The average Bonchev–Trinajstić information content (AvgIpc) is 3.25. The van der Waals surface area contributed by atoms with Gasteiger partial charge in [0.25, 0.3) is 27.7 Å². The number of hydrogen-bond acceptors (Lipinski definition) is 18. The maximum Gasteiger partial charge on any atom is 1.00 e. The van der Waals surface area contributed by atoms with E-state index in [0.717, 1.165) is 59.2 Å². The fourth-order valence-electron chi connectivity index (χ4n) is 6.67. The number of carbonyl (C=O) groups excluding carboxylic acids is 1. The van der Waals surface area contributed by atoms with Crippen molar-refractivity contribution in [1.29, 1.82) is 0 Å². The van der Waals surface area contributed by atoms with Crippen LogP contribution in [0.15, 0.2) is 92.1 Å². The standard InChI is InChI=1S/C19H19BrN4O3.C11H16N2O4S.C9H7BrN2O2.CH2O3.2Cs.H/c1-24-17(25)11-23-15-9-12(20)10-16(18(15)24)26-13-3-5-14(6-4-13)27-19-21-7-2-8-22-19;1-18(14,15)17-10-5-3-9(4-6-10)16-11-12-7-2-8-13-11;1-12-8(14)4-11-6-2-5(10)3-7(13)9(6)12;2-1-4-3;;;/h2,7-11,13-14H,3-6H2,1H3;2,7-10H,3-6H2,1H3;2-4,13H,1H3;1,3H;;;/q;;;;2*+1;-1/p-1. The van der Waals surface area contributed by atoms with Gasteiger partial charge in [-0.1, -0.05) is 31.9 Å². The van der Waals surface area contributed by atoms with Crippen LogP contribution in [0.3, 0.4) is 0 Å². The molecule has 0 aliphatic heterocycles. The van der Waals surface area contributed by atoms with Gasteiger partial charge in [0.2, 0.25) is 0 Å². The molecule has 1 N–H and O–H groups in total. The third-order valence-corrected chi connectivity index (χ3v) is 11.1. The molecule has 0 radical (unpaired) electrons. The van der Waals surface area contributed by atoms with Crippen molar-refractivity contribution in [3.05, 3.63) is 103 Å². The molecule has 338 valence electrons. The van der Waals surface area contributed by atoms with E-state index in [1.807, 2.05) is 12.1 Å². The number of aromatic nitrogens is 8. The first-order valence-corrected chi connectivity index (χ1v) is 22.7. The zero-order chi connectivity index (χ0) is 45.5. The van der Waals surface area contributed by atoms with E-state index >= 15 is 0 Å². The van der Waals surface area contributed by atoms with E-state index in [0.29, 0.717) is 47.2 Å². The van der Waals surface area contributed by atoms with Gasteiger partial charge in [-0.25, -0.2) is 29.9 Å². The number of phenolic OH excluding ortho intramolecular Hbond substituents is 1. The Hall–Kier alpha value is -1.52. The molecule has 0 spiro atoms. The molecule has 65 heavy (non-hydrogen) atoms. The van der Waals surface area contributed by atoms with E-state index in [1.165, 1.54) is 23.0 Å². The summed E-state index contributed by atoms with van der Waals surface area (Å²) in [4.78, 5) is 58.9. The number of hydrogen-bond donors (Lipinski definition) is 1. The first kappa shape index (κ1) is 57.8. The quantitative estimate of drug-likeness (QED) is 0.0736. The predicted molar refractivity (Wildman–Crippen MR) is 233 cm³/mol. The summed E-state index contributed by atoms with van der Waals surface area (Å²) in [6, 6.07) is 11.3. The van der Waals surface area contributed by atoms with Gasteiger partial charge in [-0.05, 0) is 87.8 Å². The predicted octanol–water partition coefficient (Wildman–Crippen LogP) is -1.65. The minimum absolute atomic E-state index is 0. The Balaban J connectivity index is 0.000000335. The second-order valence-electron chi connectivity index (χ2n) is 14.1. The molecule has 0 atom stereocenters. The number of halogens is 2. The Morgan fingerprint density at radius 1 is 0.677 bits per heavy atom. The minimum Gasteiger partial charge on any atom is -1.00 e. The number of aromatic hydroxyl groups is 1. The summed E-state index contributed by atoms with van der Waals surface area (Å²) >= 11 is 6.74. The summed E-state index contributed by atoms with van der Waals surface area (Å²) in [5, 5.41) is 18.1. The molecule has 2 aliphatic rings. The first-order valence-electron chi connectivity index (χ1n) is 19.3. The molecule has 0 saturated heterocycles. The molecule has 2 fully saturated rings. The van der Waals surface area contributed by atoms with Crippen LogP contribution in [-0.2, 0) is 38.1 Å². The summed E-state index contributed by atoms with van der Waals surface area (Å²) in [5.41, 5.74) is 2.06. The summed E-state index contributed by atoms with van der Waals surface area (Å²) < 4.78 is 49.2. The molecular weight excluding hydrogens is 1240 g/mol. The number of aryl methyl sites for hydroxylation is 2. The Bertz CT molecular complexity index is 2690. The van der Waals surface area contributed by atoms with Gasteiger partial charge in [-0.2, -0.15) is 8.42 Å². The minimum atomic E-state index is -3.37. The Kier molecular flexibility index (Phi) is 25.7. The van der Waals surface area contributed by atoms with Crippen LogP contribution in [0.2, 0.25) is 0 Å². The Morgan fingerprint density at radius 2 is 1.06 bits per heavy atom. The van der Waals surface area contributed by atoms with Gasteiger partial charge in [0.05, 0.1) is 41.9 Å². The van der Waals surface area contributed by atoms with Crippen molar-refractivity contribution >= 4 is 70.5 Å². The van der Waals surface area contributed by atoms with Crippen molar-refractivity contribution < 1.29 is 186 Å². The maximum absolute atomic E-state index is 12.0. The van der Waals surface area contributed by atoms with Gasteiger partial charge < -0.3 is 40.0 Å². The molecule has 2 aliphatic carbocycles. The van der Waals surface area contributed by atoms with Crippen molar-refractivity contribution in [3.8, 4) is 23.5 Å². The number of carbonyl (C=O) groups is 1. The fraction of sp³-hybridized carbons (Fsp3) is 0.375. The molecule has 0 amide bonds. The van der Waals surface area contributed by atoms with Crippen molar-refractivity contribution in [2.75, 3.05) is 6.26 Å². The van der Waals surface area contributed by atoms with Crippen LogP contribution in [0.1, 0.15) is 52.8 Å². The number of phenols is 1. The molecule has 0 bridgehead atoms. The van der Waals surface area contributed by atoms with E-state index in [2.05, 4.69) is 66.7 Å². The summed E-state index contributed by atoms with van der Waals surface area (Å²) in [5.74, 6) is 0.713. The van der Waals surface area contributed by atoms with Gasteiger partial charge in [-0.3, -0.25) is 18.6 Å². The van der Waals surface area contributed by atoms with Gasteiger partial charge in [0, 0.05) is 47.8 Å². The fourth-order valence-corrected chi connectivity index (χ4v) is 8.22. The van der Waals surface area contributed by atoms with Crippen LogP contribution in [0, 0.1) is 0 Å². The topological polar surface area (TPSA) is 262 Å². The van der Waals surface area contributed by atoms with Gasteiger partial charge in [0.15, 0.2) is 0 Å². The van der Waals surface area contributed by atoms with Crippen LogP contribution >= 0.6 is 31.9 Å². The Labute approximate surface area is 509 Å². The number of nitrogens with zero attached hydrogens (tertiary/aromatic N) is 8. The second-order valence-corrected chi connectivity index (χ2v) is 17.5. The monoisotopic (exact) mass is 1280 g/mol. The molecule has 8 rings (SSSR count). The molecule has 4 heterocycles.